The van der Waals surface area contributed by atoms with Gasteiger partial charge in [-0.15, -0.1) is 12.4 Å². The van der Waals surface area contributed by atoms with Crippen LogP contribution in [0.25, 0.3) is 0 Å². The second-order valence-electron chi connectivity index (χ2n) is 6.62. The van der Waals surface area contributed by atoms with Gasteiger partial charge in [0.05, 0.1) is 6.54 Å². The van der Waals surface area contributed by atoms with Crippen molar-refractivity contribution in [2.75, 3.05) is 18.4 Å². The number of aryl methyl sites for hydroxylation is 3. The predicted octanol–water partition coefficient (Wildman–Crippen LogP) is 2.48. The van der Waals surface area contributed by atoms with Crippen molar-refractivity contribution in [3.05, 3.63) is 28.8 Å². The zero-order valence-corrected chi connectivity index (χ0v) is 15.7. The Bertz CT molecular complexity index is 581. The summed E-state index contributed by atoms with van der Waals surface area (Å²) < 4.78 is 0. The molecule has 24 heavy (non-hydrogen) atoms. The first-order valence-corrected chi connectivity index (χ1v) is 8.25. The van der Waals surface area contributed by atoms with E-state index in [9.17, 15) is 9.59 Å². The molecule has 0 radical (unpaired) electrons. The molecule has 1 fully saturated rings. The Morgan fingerprint density at radius 3 is 2.42 bits per heavy atom. The Balaban J connectivity index is 0.00000288. The van der Waals surface area contributed by atoms with E-state index in [0.717, 1.165) is 36.2 Å². The molecule has 2 atom stereocenters. The number of hydrogen-bond donors (Lipinski definition) is 3. The van der Waals surface area contributed by atoms with Gasteiger partial charge in [-0.05, 0) is 58.2 Å². The molecule has 0 spiro atoms. The lowest BCUT2D eigenvalue weighted by Gasteiger charge is -2.27. The molecule has 1 aliphatic heterocycles. The van der Waals surface area contributed by atoms with E-state index in [2.05, 4.69) is 22.9 Å². The maximum Gasteiger partial charge on any atom is 0.243 e. The minimum absolute atomic E-state index is 0. The molecule has 134 valence electrons. The van der Waals surface area contributed by atoms with Gasteiger partial charge in [-0.1, -0.05) is 17.7 Å². The Morgan fingerprint density at radius 2 is 1.83 bits per heavy atom. The number of halogens is 1. The van der Waals surface area contributed by atoms with Crippen molar-refractivity contribution in [1.29, 1.82) is 0 Å². The molecule has 1 aliphatic rings. The highest BCUT2D eigenvalue weighted by Gasteiger charge is 2.24. The van der Waals surface area contributed by atoms with Crippen LogP contribution in [0.5, 0.6) is 0 Å². The monoisotopic (exact) mass is 353 g/mol. The molecule has 5 nitrogen and oxygen atoms in total. The zero-order valence-electron chi connectivity index (χ0n) is 14.9. The molecule has 0 aliphatic carbocycles. The van der Waals surface area contributed by atoms with Gasteiger partial charge < -0.3 is 16.0 Å². The first-order chi connectivity index (χ1) is 10.9. The molecule has 6 heteroatoms. The van der Waals surface area contributed by atoms with Crippen LogP contribution >= 0.6 is 12.4 Å². The molecule has 3 N–H and O–H groups in total. The second kappa shape index (κ2) is 9.04. The highest BCUT2D eigenvalue weighted by Crippen LogP contribution is 2.21. The predicted molar refractivity (Wildman–Crippen MR) is 99.7 cm³/mol. The lowest BCUT2D eigenvalue weighted by atomic mass is 9.92. The Kier molecular flexibility index (Phi) is 7.70. The zero-order chi connectivity index (χ0) is 17.0. The van der Waals surface area contributed by atoms with Gasteiger partial charge in [-0.2, -0.15) is 0 Å². The smallest absolute Gasteiger partial charge is 0.243 e. The van der Waals surface area contributed by atoms with Gasteiger partial charge >= 0.3 is 0 Å². The molecule has 0 unspecified atom stereocenters. The third kappa shape index (κ3) is 5.49. The quantitative estimate of drug-likeness (QED) is 0.778. The summed E-state index contributed by atoms with van der Waals surface area (Å²) in [4.78, 5) is 24.3. The average molecular weight is 354 g/mol. The summed E-state index contributed by atoms with van der Waals surface area (Å²) >= 11 is 0. The van der Waals surface area contributed by atoms with Crippen molar-refractivity contribution in [2.24, 2.45) is 5.92 Å². The van der Waals surface area contributed by atoms with E-state index in [4.69, 9.17) is 0 Å². The fraction of sp³-hybridized carbons (Fsp3) is 0.556. The van der Waals surface area contributed by atoms with Gasteiger partial charge in [-0.25, -0.2) is 0 Å². The Labute approximate surface area is 150 Å². The molecule has 2 rings (SSSR count). The minimum Gasteiger partial charge on any atom is -0.347 e. The molecule has 0 aromatic heterocycles. The highest BCUT2D eigenvalue weighted by atomic mass is 35.5. The van der Waals surface area contributed by atoms with Gasteiger partial charge in [0, 0.05) is 17.6 Å². The molecular weight excluding hydrogens is 326 g/mol. The summed E-state index contributed by atoms with van der Waals surface area (Å²) in [6.07, 6.45) is 1.65. The van der Waals surface area contributed by atoms with E-state index in [1.807, 2.05) is 32.9 Å². The number of nitrogens with one attached hydrogen (secondary N) is 3. The van der Waals surface area contributed by atoms with Crippen LogP contribution in [0, 0.1) is 26.7 Å². The fourth-order valence-electron chi connectivity index (χ4n) is 3.24. The van der Waals surface area contributed by atoms with Gasteiger partial charge in [0.1, 0.15) is 0 Å². The van der Waals surface area contributed by atoms with Crippen molar-refractivity contribution in [1.82, 2.24) is 10.6 Å². The van der Waals surface area contributed by atoms with E-state index in [-0.39, 0.29) is 36.7 Å². The summed E-state index contributed by atoms with van der Waals surface area (Å²) in [5.41, 5.74) is 4.08. The number of anilines is 1. The van der Waals surface area contributed by atoms with Crippen molar-refractivity contribution in [3.8, 4) is 0 Å². The lowest BCUT2D eigenvalue weighted by molar-refractivity contribution is -0.128. The van der Waals surface area contributed by atoms with Gasteiger partial charge in [-0.3, -0.25) is 9.59 Å². The number of rotatable bonds is 4. The number of carbonyl (C=O) groups is 2. The van der Waals surface area contributed by atoms with E-state index in [0.29, 0.717) is 6.04 Å². The largest absolute Gasteiger partial charge is 0.347 e. The van der Waals surface area contributed by atoms with Crippen LogP contribution in [0.3, 0.4) is 0 Å². The molecule has 1 saturated heterocycles. The van der Waals surface area contributed by atoms with E-state index >= 15 is 0 Å². The summed E-state index contributed by atoms with van der Waals surface area (Å²) in [5.74, 6) is -0.205. The SMILES string of the molecule is Cc1cc(C)c(NC(=O)CNC(=O)[C@H]2CCN[C@@H](C)C2)c(C)c1.Cl. The van der Waals surface area contributed by atoms with Crippen LogP contribution < -0.4 is 16.0 Å². The lowest BCUT2D eigenvalue weighted by Crippen LogP contribution is -2.44. The minimum atomic E-state index is -0.185. The summed E-state index contributed by atoms with van der Waals surface area (Å²) in [5, 5.41) is 8.99. The molecule has 0 bridgehead atoms. The van der Waals surface area contributed by atoms with Crippen LogP contribution in [0.4, 0.5) is 5.69 Å². The van der Waals surface area contributed by atoms with Gasteiger partial charge in [0.15, 0.2) is 0 Å². The van der Waals surface area contributed by atoms with E-state index in [1.54, 1.807) is 0 Å². The molecule has 2 amide bonds. The molecule has 0 saturated carbocycles. The first kappa shape index (κ1) is 20.5. The Morgan fingerprint density at radius 1 is 1.21 bits per heavy atom. The maximum absolute atomic E-state index is 12.2. The second-order valence-corrected chi connectivity index (χ2v) is 6.62. The number of amides is 2. The van der Waals surface area contributed by atoms with Gasteiger partial charge in [0.25, 0.3) is 0 Å². The topological polar surface area (TPSA) is 70.2 Å². The van der Waals surface area contributed by atoms with Crippen molar-refractivity contribution >= 4 is 29.9 Å². The van der Waals surface area contributed by atoms with Crippen molar-refractivity contribution in [3.63, 3.8) is 0 Å². The van der Waals surface area contributed by atoms with Crippen LogP contribution in [0.2, 0.25) is 0 Å². The third-order valence-corrected chi connectivity index (χ3v) is 4.36. The number of piperidine rings is 1. The van der Waals surface area contributed by atoms with Crippen molar-refractivity contribution in [2.45, 2.75) is 46.6 Å². The third-order valence-electron chi connectivity index (χ3n) is 4.36. The van der Waals surface area contributed by atoms with E-state index in [1.165, 1.54) is 5.56 Å². The highest BCUT2D eigenvalue weighted by molar-refractivity contribution is 5.96. The standard InChI is InChI=1S/C18H27N3O2.ClH/c1-11-7-12(2)17(13(3)8-11)21-16(22)10-20-18(23)15-5-6-19-14(4)9-15;/h7-8,14-15,19H,5-6,9-10H2,1-4H3,(H,20,23)(H,21,22);1H/t14-,15-;/m0./s1. The summed E-state index contributed by atoms with van der Waals surface area (Å²) in [6, 6.07) is 4.43. The average Bonchev–Trinajstić information content (AvgIpc) is 2.48. The van der Waals surface area contributed by atoms with Crippen LogP contribution in [-0.4, -0.2) is 30.9 Å². The number of benzene rings is 1. The summed E-state index contributed by atoms with van der Waals surface area (Å²) in [6.45, 7) is 8.94. The summed E-state index contributed by atoms with van der Waals surface area (Å²) in [7, 11) is 0. The molecular formula is C18H28ClN3O2. The van der Waals surface area contributed by atoms with Crippen LogP contribution in [0.1, 0.15) is 36.5 Å². The number of hydrogen-bond acceptors (Lipinski definition) is 3. The fourth-order valence-corrected chi connectivity index (χ4v) is 3.24. The van der Waals surface area contributed by atoms with Crippen LogP contribution in [-0.2, 0) is 9.59 Å². The van der Waals surface area contributed by atoms with Crippen LogP contribution in [0.15, 0.2) is 12.1 Å². The molecule has 1 aromatic carbocycles. The van der Waals surface area contributed by atoms with Gasteiger partial charge in [0.2, 0.25) is 11.8 Å². The Hall–Kier alpha value is -1.59. The molecule has 1 heterocycles. The van der Waals surface area contributed by atoms with Crippen molar-refractivity contribution < 1.29 is 9.59 Å². The maximum atomic E-state index is 12.2. The molecule has 1 aromatic rings. The van der Waals surface area contributed by atoms with E-state index < -0.39 is 0 Å². The normalized spacial score (nSPS) is 20.0. The first-order valence-electron chi connectivity index (χ1n) is 8.25. The number of carbonyl (C=O) groups excluding carboxylic acids is 2.